The van der Waals surface area contributed by atoms with Gasteiger partial charge in [0, 0.05) is 0 Å². The third-order valence-electron chi connectivity index (χ3n) is 6.53. The number of methoxy groups -OCH3 is 1. The minimum atomic E-state index is -5.41. The minimum absolute atomic E-state index is 0.0102. The van der Waals surface area contributed by atoms with Crippen LogP contribution in [0.2, 0.25) is 0 Å². The number of hydroxylamine groups is 2. The second kappa shape index (κ2) is 11.6. The van der Waals surface area contributed by atoms with Gasteiger partial charge in [0.05, 0.1) is 32.6 Å². The molecule has 2 aliphatic rings. The van der Waals surface area contributed by atoms with Gasteiger partial charge < -0.3 is 19.0 Å². The topological polar surface area (TPSA) is 105 Å². The third-order valence-corrected chi connectivity index (χ3v) is 6.53. The van der Waals surface area contributed by atoms with Crippen LogP contribution < -0.4 is 14.2 Å². The normalized spacial score (nSPS) is 14.9. The van der Waals surface area contributed by atoms with Crippen molar-refractivity contribution in [2.75, 3.05) is 20.3 Å². The zero-order valence-electron chi connectivity index (χ0n) is 21.9. The summed E-state index contributed by atoms with van der Waals surface area (Å²) in [5.74, 6) is -4.21. The molecular formula is C27H26F4N4O6. The molecule has 0 atom stereocenters. The van der Waals surface area contributed by atoms with Gasteiger partial charge >= 0.3 is 12.1 Å². The average molecular weight is 579 g/mol. The fourth-order valence-corrected chi connectivity index (χ4v) is 3.92. The first-order chi connectivity index (χ1) is 19.6. The second-order valence-electron chi connectivity index (χ2n) is 9.85. The Morgan fingerprint density at radius 2 is 1.61 bits per heavy atom. The van der Waals surface area contributed by atoms with E-state index in [1.54, 1.807) is 6.07 Å². The maximum atomic E-state index is 14.4. The number of carbonyl (C=O) groups excluding carboxylic acids is 2. The molecule has 2 aromatic carbocycles. The average Bonchev–Trinajstić information content (AvgIpc) is 3.88. The molecule has 2 saturated carbocycles. The van der Waals surface area contributed by atoms with E-state index in [1.165, 1.54) is 42.5 Å². The molecule has 0 N–H and O–H groups in total. The highest BCUT2D eigenvalue weighted by molar-refractivity contribution is 6.01. The number of nitrogens with zero attached hydrogens (tertiary/aromatic N) is 4. The Balaban J connectivity index is 1.58. The van der Waals surface area contributed by atoms with Crippen molar-refractivity contribution in [3.63, 3.8) is 0 Å². The summed E-state index contributed by atoms with van der Waals surface area (Å²) in [5.41, 5.74) is 0.0827. The lowest BCUT2D eigenvalue weighted by atomic mass is 10.1. The summed E-state index contributed by atoms with van der Waals surface area (Å²) in [7, 11) is 1.24. The Morgan fingerprint density at radius 3 is 2.20 bits per heavy atom. The van der Waals surface area contributed by atoms with Gasteiger partial charge in [-0.15, -0.1) is 10.2 Å². The Kier molecular flexibility index (Phi) is 7.99. The molecule has 0 unspecified atom stereocenters. The predicted octanol–water partition coefficient (Wildman–Crippen LogP) is 4.66. The molecule has 0 radical (unpaired) electrons. The van der Waals surface area contributed by atoms with Crippen LogP contribution in [0.1, 0.15) is 41.6 Å². The van der Waals surface area contributed by atoms with Gasteiger partial charge in [0.15, 0.2) is 17.3 Å². The fourth-order valence-electron chi connectivity index (χ4n) is 3.92. The van der Waals surface area contributed by atoms with Gasteiger partial charge in [-0.25, -0.2) is 9.18 Å². The van der Waals surface area contributed by atoms with Crippen molar-refractivity contribution < 1.29 is 46.2 Å². The molecule has 0 bridgehead atoms. The van der Waals surface area contributed by atoms with Crippen LogP contribution in [-0.2, 0) is 16.2 Å². The van der Waals surface area contributed by atoms with Crippen molar-refractivity contribution in [3.8, 4) is 22.9 Å². The molecule has 41 heavy (non-hydrogen) atoms. The molecule has 14 heteroatoms. The number of hydrogen-bond acceptors (Lipinski definition) is 8. The zero-order valence-corrected chi connectivity index (χ0v) is 21.9. The summed E-state index contributed by atoms with van der Waals surface area (Å²) < 4.78 is 72.6. The molecule has 0 spiro atoms. The lowest BCUT2D eigenvalue weighted by Gasteiger charge is -2.25. The number of halogens is 4. The van der Waals surface area contributed by atoms with Gasteiger partial charge in [0.25, 0.3) is 5.91 Å². The van der Waals surface area contributed by atoms with Crippen LogP contribution in [0.5, 0.6) is 17.2 Å². The predicted molar refractivity (Wildman–Crippen MR) is 133 cm³/mol. The van der Waals surface area contributed by atoms with E-state index in [4.69, 9.17) is 14.2 Å². The van der Waals surface area contributed by atoms with Crippen LogP contribution >= 0.6 is 0 Å². The Labute approximate surface area is 231 Å². The molecule has 1 aromatic heterocycles. The molecule has 10 nitrogen and oxygen atoms in total. The van der Waals surface area contributed by atoms with E-state index in [2.05, 4.69) is 15.0 Å². The molecular weight excluding hydrogens is 552 g/mol. The van der Waals surface area contributed by atoms with E-state index >= 15 is 0 Å². The van der Waals surface area contributed by atoms with Crippen molar-refractivity contribution in [1.82, 2.24) is 19.8 Å². The number of ether oxygens (including phenoxy) is 3. The maximum absolute atomic E-state index is 14.4. The summed E-state index contributed by atoms with van der Waals surface area (Å²) in [6.45, 7) is -0.226. The Bertz CT molecular complexity index is 1410. The van der Waals surface area contributed by atoms with E-state index in [-0.39, 0.29) is 58.5 Å². The lowest BCUT2D eigenvalue weighted by Crippen LogP contribution is -2.38. The van der Waals surface area contributed by atoms with Crippen LogP contribution in [0.15, 0.2) is 43.0 Å². The highest BCUT2D eigenvalue weighted by atomic mass is 19.4. The van der Waals surface area contributed by atoms with Crippen molar-refractivity contribution in [3.05, 3.63) is 59.9 Å². The summed E-state index contributed by atoms with van der Waals surface area (Å²) >= 11 is 0. The first-order valence-corrected chi connectivity index (χ1v) is 12.8. The van der Waals surface area contributed by atoms with Crippen molar-refractivity contribution in [2.45, 2.75) is 38.4 Å². The molecule has 1 amide bonds. The molecule has 2 aliphatic carbocycles. The first kappa shape index (κ1) is 28.2. The van der Waals surface area contributed by atoms with Crippen LogP contribution in [0.25, 0.3) is 5.69 Å². The fraction of sp³-hybridized carbons (Fsp3) is 0.407. The standard InChI is InChI=1S/C27H26F4N4O6/c1-38-21-8-6-18(10-19(21)28)11-35(41-26(37)27(29,30)31)25(36)23-22(39-12-16-2-3-16)9-7-20(34-14-32-33-15-34)24(23)40-13-17-4-5-17/h6-10,14-17H,2-5,11-13H2,1H3. The van der Waals surface area contributed by atoms with E-state index in [1.807, 2.05) is 0 Å². The third kappa shape index (κ3) is 6.87. The maximum Gasteiger partial charge on any atom is 0.493 e. The number of carbonyl (C=O) groups is 2. The number of rotatable bonds is 11. The molecule has 218 valence electrons. The van der Waals surface area contributed by atoms with E-state index in [0.717, 1.165) is 31.7 Å². The smallest absolute Gasteiger partial charge is 0.493 e. The van der Waals surface area contributed by atoms with Gasteiger partial charge in [-0.05, 0) is 67.3 Å². The van der Waals surface area contributed by atoms with E-state index in [9.17, 15) is 27.2 Å². The number of hydrogen-bond donors (Lipinski definition) is 0. The molecule has 2 fully saturated rings. The quantitative estimate of drug-likeness (QED) is 0.239. The highest BCUT2D eigenvalue weighted by Gasteiger charge is 2.44. The van der Waals surface area contributed by atoms with Crippen molar-refractivity contribution >= 4 is 11.9 Å². The van der Waals surface area contributed by atoms with Gasteiger partial charge in [-0.1, -0.05) is 6.07 Å². The zero-order chi connectivity index (χ0) is 29.1. The molecule has 0 aliphatic heterocycles. The molecule has 5 rings (SSSR count). The molecule has 0 saturated heterocycles. The SMILES string of the molecule is COc1ccc(CN(OC(=O)C(F)(F)F)C(=O)c2c(OCC3CC3)ccc(-n3cnnc3)c2OCC2CC2)cc1F. The highest BCUT2D eigenvalue weighted by Crippen LogP contribution is 2.40. The number of amides is 1. The summed E-state index contributed by atoms with van der Waals surface area (Å²) in [6.07, 6.45) is 1.02. The van der Waals surface area contributed by atoms with Crippen molar-refractivity contribution in [1.29, 1.82) is 0 Å². The minimum Gasteiger partial charge on any atom is -0.494 e. The lowest BCUT2D eigenvalue weighted by molar-refractivity contribution is -0.230. The Hall–Kier alpha value is -4.36. The van der Waals surface area contributed by atoms with Gasteiger partial charge in [-0.3, -0.25) is 9.36 Å². The van der Waals surface area contributed by atoms with Gasteiger partial charge in [0.2, 0.25) is 0 Å². The summed E-state index contributed by atoms with van der Waals surface area (Å²) in [6, 6.07) is 6.61. The Morgan fingerprint density at radius 1 is 0.976 bits per heavy atom. The number of alkyl halides is 3. The van der Waals surface area contributed by atoms with Crippen molar-refractivity contribution in [2.24, 2.45) is 11.8 Å². The number of benzene rings is 2. The first-order valence-electron chi connectivity index (χ1n) is 12.8. The van der Waals surface area contributed by atoms with Crippen LogP contribution in [0.3, 0.4) is 0 Å². The van der Waals surface area contributed by atoms with Crippen LogP contribution in [-0.4, -0.2) is 58.2 Å². The van der Waals surface area contributed by atoms with E-state index < -0.39 is 30.4 Å². The van der Waals surface area contributed by atoms with Gasteiger partial charge in [-0.2, -0.15) is 18.2 Å². The summed E-state index contributed by atoms with van der Waals surface area (Å²) in [5, 5.41) is 7.78. The van der Waals surface area contributed by atoms with Crippen LogP contribution in [0, 0.1) is 17.7 Å². The van der Waals surface area contributed by atoms with Gasteiger partial charge in [0.1, 0.15) is 24.0 Å². The molecule has 3 aromatic rings. The largest absolute Gasteiger partial charge is 0.494 e. The number of aromatic nitrogens is 3. The van der Waals surface area contributed by atoms with E-state index in [0.29, 0.717) is 5.69 Å². The van der Waals surface area contributed by atoms with Crippen LogP contribution in [0.4, 0.5) is 17.6 Å². The second-order valence-corrected chi connectivity index (χ2v) is 9.85. The molecule has 1 heterocycles. The summed E-state index contributed by atoms with van der Waals surface area (Å²) in [4.78, 5) is 30.6. The monoisotopic (exact) mass is 578 g/mol.